The number of nitrogens with two attached hydrogens (primary N) is 1. The third-order valence-electron chi connectivity index (χ3n) is 2.88. The van der Waals surface area contributed by atoms with Crippen molar-refractivity contribution in [1.29, 1.82) is 0 Å². The third kappa shape index (κ3) is 2.94. The number of benzene rings is 1. The second-order valence-corrected chi connectivity index (χ2v) is 4.19. The molecule has 0 unspecified atom stereocenters. The Labute approximate surface area is 98.9 Å². The summed E-state index contributed by atoms with van der Waals surface area (Å²) in [6, 6.07) is 3.67. The molecular formula is C12H15FN2O2. The number of nitrogens with one attached hydrogen (secondary N) is 1. The number of amides is 1. The van der Waals surface area contributed by atoms with E-state index < -0.39 is 11.7 Å². The summed E-state index contributed by atoms with van der Waals surface area (Å²) in [7, 11) is 0. The van der Waals surface area contributed by atoms with Crippen LogP contribution in [0.4, 0.5) is 10.1 Å². The molecule has 1 aliphatic carbocycles. The van der Waals surface area contributed by atoms with Crippen molar-refractivity contribution in [3.63, 3.8) is 0 Å². The average Bonchev–Trinajstić information content (AvgIpc) is 2.82. The summed E-state index contributed by atoms with van der Waals surface area (Å²) >= 11 is 0. The normalized spacial score (nSPS) is 16.1. The lowest BCUT2D eigenvalue weighted by atomic mass is 10.1. The fourth-order valence-electron chi connectivity index (χ4n) is 1.92. The Kier molecular flexibility index (Phi) is 3.58. The molecule has 0 radical (unpaired) electrons. The van der Waals surface area contributed by atoms with E-state index in [1.54, 1.807) is 0 Å². The minimum absolute atomic E-state index is 0.0636. The molecule has 0 heterocycles. The lowest BCUT2D eigenvalue weighted by molar-refractivity contribution is -0.0124. The minimum Gasteiger partial charge on any atom is -0.398 e. The average molecular weight is 238 g/mol. The van der Waals surface area contributed by atoms with Gasteiger partial charge in [-0.05, 0) is 31.0 Å². The summed E-state index contributed by atoms with van der Waals surface area (Å²) in [6.45, 7) is 0. The number of anilines is 1. The second-order valence-electron chi connectivity index (χ2n) is 4.19. The zero-order valence-electron chi connectivity index (χ0n) is 9.41. The SMILES string of the molecule is Nc1ccc(F)cc1C(=O)NOC1CCCC1. The summed E-state index contributed by atoms with van der Waals surface area (Å²) in [5, 5.41) is 0. The van der Waals surface area contributed by atoms with E-state index >= 15 is 0 Å². The topological polar surface area (TPSA) is 64.4 Å². The number of rotatable bonds is 3. The first-order chi connectivity index (χ1) is 8.16. The highest BCUT2D eigenvalue weighted by Gasteiger charge is 2.18. The molecule has 1 saturated carbocycles. The zero-order chi connectivity index (χ0) is 12.3. The Morgan fingerprint density at radius 3 is 2.82 bits per heavy atom. The van der Waals surface area contributed by atoms with Gasteiger partial charge >= 0.3 is 0 Å². The van der Waals surface area contributed by atoms with Crippen molar-refractivity contribution in [3.8, 4) is 0 Å². The van der Waals surface area contributed by atoms with Gasteiger partial charge in [-0.3, -0.25) is 9.63 Å². The molecule has 1 fully saturated rings. The summed E-state index contributed by atoms with van der Waals surface area (Å²) in [5.74, 6) is -1.00. The first-order valence-electron chi connectivity index (χ1n) is 5.68. The van der Waals surface area contributed by atoms with E-state index in [4.69, 9.17) is 10.6 Å². The Morgan fingerprint density at radius 1 is 1.41 bits per heavy atom. The smallest absolute Gasteiger partial charge is 0.277 e. The van der Waals surface area contributed by atoms with Crippen molar-refractivity contribution < 1.29 is 14.0 Å². The summed E-state index contributed by atoms with van der Waals surface area (Å²) in [4.78, 5) is 16.9. The molecule has 4 nitrogen and oxygen atoms in total. The molecule has 1 amide bonds. The molecule has 5 heteroatoms. The number of carbonyl (C=O) groups excluding carboxylic acids is 1. The van der Waals surface area contributed by atoms with E-state index in [1.165, 1.54) is 12.1 Å². The molecule has 92 valence electrons. The van der Waals surface area contributed by atoms with Crippen LogP contribution in [-0.4, -0.2) is 12.0 Å². The van der Waals surface area contributed by atoms with Crippen LogP contribution in [0.1, 0.15) is 36.0 Å². The standard InChI is InChI=1S/C12H15FN2O2/c13-8-5-6-11(14)10(7-8)12(16)15-17-9-3-1-2-4-9/h5-7,9H,1-4,14H2,(H,15,16). The molecule has 0 aliphatic heterocycles. The molecule has 1 aromatic carbocycles. The Balaban J connectivity index is 1.96. The number of halogens is 1. The minimum atomic E-state index is -0.506. The number of hydroxylamine groups is 1. The van der Waals surface area contributed by atoms with Crippen LogP contribution < -0.4 is 11.2 Å². The highest BCUT2D eigenvalue weighted by molar-refractivity contribution is 5.98. The van der Waals surface area contributed by atoms with Crippen molar-refractivity contribution in [2.75, 3.05) is 5.73 Å². The maximum Gasteiger partial charge on any atom is 0.277 e. The van der Waals surface area contributed by atoms with Gasteiger partial charge < -0.3 is 5.73 Å². The van der Waals surface area contributed by atoms with Crippen molar-refractivity contribution in [2.45, 2.75) is 31.8 Å². The van der Waals surface area contributed by atoms with Crippen molar-refractivity contribution >= 4 is 11.6 Å². The van der Waals surface area contributed by atoms with Crippen LogP contribution in [0.25, 0.3) is 0 Å². The van der Waals surface area contributed by atoms with E-state index in [9.17, 15) is 9.18 Å². The van der Waals surface area contributed by atoms with Crippen LogP contribution in [0, 0.1) is 5.82 Å². The maximum absolute atomic E-state index is 13.0. The van der Waals surface area contributed by atoms with E-state index in [1.807, 2.05) is 0 Å². The summed E-state index contributed by atoms with van der Waals surface area (Å²) in [6.07, 6.45) is 4.18. The molecule has 0 saturated heterocycles. The molecule has 17 heavy (non-hydrogen) atoms. The van der Waals surface area contributed by atoms with Crippen molar-refractivity contribution in [2.24, 2.45) is 0 Å². The summed E-state index contributed by atoms with van der Waals surface area (Å²) < 4.78 is 13.0. The second kappa shape index (κ2) is 5.14. The lowest BCUT2D eigenvalue weighted by Crippen LogP contribution is -2.29. The summed E-state index contributed by atoms with van der Waals surface area (Å²) in [5.41, 5.74) is 8.25. The maximum atomic E-state index is 13.0. The predicted octanol–water partition coefficient (Wildman–Crippen LogP) is 2.01. The van der Waals surface area contributed by atoms with E-state index in [0.29, 0.717) is 0 Å². The van der Waals surface area contributed by atoms with Crippen LogP contribution in [0.5, 0.6) is 0 Å². The fraction of sp³-hybridized carbons (Fsp3) is 0.417. The Hall–Kier alpha value is -1.62. The Bertz CT molecular complexity index is 417. The lowest BCUT2D eigenvalue weighted by Gasteiger charge is -2.12. The number of carbonyl (C=O) groups is 1. The van der Waals surface area contributed by atoms with Gasteiger partial charge in [-0.2, -0.15) is 0 Å². The van der Waals surface area contributed by atoms with Gasteiger partial charge in [-0.1, -0.05) is 12.8 Å². The fourth-order valence-corrected chi connectivity index (χ4v) is 1.92. The highest BCUT2D eigenvalue weighted by atomic mass is 19.1. The molecule has 1 aromatic rings. The van der Waals surface area contributed by atoms with Crippen LogP contribution in [0.2, 0.25) is 0 Å². The quantitative estimate of drug-likeness (QED) is 0.625. The molecule has 1 aliphatic rings. The first-order valence-corrected chi connectivity index (χ1v) is 5.68. The molecule has 3 N–H and O–H groups in total. The van der Waals surface area contributed by atoms with Gasteiger partial charge in [-0.25, -0.2) is 9.87 Å². The van der Waals surface area contributed by atoms with E-state index in [0.717, 1.165) is 31.7 Å². The van der Waals surface area contributed by atoms with Crippen molar-refractivity contribution in [1.82, 2.24) is 5.48 Å². The number of hydrogen-bond acceptors (Lipinski definition) is 3. The van der Waals surface area contributed by atoms with E-state index in [2.05, 4.69) is 5.48 Å². The predicted molar refractivity (Wildman–Crippen MR) is 61.6 cm³/mol. The largest absolute Gasteiger partial charge is 0.398 e. The molecule has 2 rings (SSSR count). The highest BCUT2D eigenvalue weighted by Crippen LogP contribution is 2.20. The molecule has 0 aromatic heterocycles. The first kappa shape index (κ1) is 11.9. The molecule has 0 atom stereocenters. The number of nitrogen functional groups attached to an aromatic ring is 1. The number of hydrogen-bond donors (Lipinski definition) is 2. The van der Waals surface area contributed by atoms with Crippen LogP contribution in [0.15, 0.2) is 18.2 Å². The van der Waals surface area contributed by atoms with Gasteiger partial charge in [0.2, 0.25) is 0 Å². The van der Waals surface area contributed by atoms with Gasteiger partial charge in [-0.15, -0.1) is 0 Å². The van der Waals surface area contributed by atoms with Gasteiger partial charge in [0.25, 0.3) is 5.91 Å². The van der Waals surface area contributed by atoms with Crippen LogP contribution in [-0.2, 0) is 4.84 Å². The van der Waals surface area contributed by atoms with Crippen LogP contribution >= 0.6 is 0 Å². The third-order valence-corrected chi connectivity index (χ3v) is 2.88. The van der Waals surface area contributed by atoms with Gasteiger partial charge in [0, 0.05) is 5.69 Å². The molecule has 0 bridgehead atoms. The monoisotopic (exact) mass is 238 g/mol. The van der Waals surface area contributed by atoms with Crippen LogP contribution in [0.3, 0.4) is 0 Å². The Morgan fingerprint density at radius 2 is 2.12 bits per heavy atom. The van der Waals surface area contributed by atoms with Gasteiger partial charge in [0.1, 0.15) is 5.82 Å². The molecule has 0 spiro atoms. The van der Waals surface area contributed by atoms with Crippen molar-refractivity contribution in [3.05, 3.63) is 29.6 Å². The molecular weight excluding hydrogens is 223 g/mol. The van der Waals surface area contributed by atoms with E-state index in [-0.39, 0.29) is 17.4 Å². The van der Waals surface area contributed by atoms with Gasteiger partial charge in [0.05, 0.1) is 11.7 Å². The zero-order valence-corrected chi connectivity index (χ0v) is 9.41. The van der Waals surface area contributed by atoms with Gasteiger partial charge in [0.15, 0.2) is 0 Å².